The van der Waals surface area contributed by atoms with E-state index in [1.807, 2.05) is 0 Å². The summed E-state index contributed by atoms with van der Waals surface area (Å²) in [7, 11) is 0. The fraction of sp³-hybridized carbons (Fsp3) is 0.125. The van der Waals surface area contributed by atoms with Crippen molar-refractivity contribution < 1.29 is 17.6 Å². The molecule has 0 aliphatic heterocycles. The molecule has 138 valence electrons. The second-order valence-corrected chi connectivity index (χ2v) is 5.61. The van der Waals surface area contributed by atoms with Gasteiger partial charge in [0, 0.05) is 25.0 Å². The SMILES string of the molecule is Fc1cc(CNc2cc(C(F)(F)F)nc3ncnn23)ccc1-n1ccnc1. The number of halogens is 4. The summed E-state index contributed by atoms with van der Waals surface area (Å²) in [5.41, 5.74) is -0.236. The lowest BCUT2D eigenvalue weighted by Crippen LogP contribution is -2.13. The van der Waals surface area contributed by atoms with Gasteiger partial charge >= 0.3 is 6.18 Å². The molecule has 0 aliphatic carbocycles. The predicted octanol–water partition coefficient (Wildman–Crippen LogP) is 3.08. The van der Waals surface area contributed by atoms with Gasteiger partial charge in [-0.05, 0) is 17.7 Å². The van der Waals surface area contributed by atoms with E-state index in [1.54, 1.807) is 18.3 Å². The van der Waals surface area contributed by atoms with Gasteiger partial charge in [0.25, 0.3) is 5.78 Å². The lowest BCUT2D eigenvalue weighted by molar-refractivity contribution is -0.141. The van der Waals surface area contributed by atoms with Crippen molar-refractivity contribution in [3.63, 3.8) is 0 Å². The van der Waals surface area contributed by atoms with E-state index in [0.29, 0.717) is 11.3 Å². The minimum Gasteiger partial charge on any atom is -0.366 e. The van der Waals surface area contributed by atoms with Gasteiger partial charge in [-0.1, -0.05) is 6.07 Å². The van der Waals surface area contributed by atoms with E-state index in [-0.39, 0.29) is 18.1 Å². The highest BCUT2D eigenvalue weighted by Crippen LogP contribution is 2.29. The van der Waals surface area contributed by atoms with Gasteiger partial charge in [-0.25, -0.2) is 14.4 Å². The number of aromatic nitrogens is 6. The van der Waals surface area contributed by atoms with Crippen molar-refractivity contribution in [3.8, 4) is 5.69 Å². The molecule has 1 aromatic carbocycles. The standard InChI is InChI=1S/C16H11F4N7/c17-11-5-10(1-2-12(11)26-4-3-21-9-26)7-22-14-6-13(16(18,19)20)25-15-23-8-24-27(14)15/h1-6,8-9,22H,7H2. The van der Waals surface area contributed by atoms with Crippen molar-refractivity contribution in [1.29, 1.82) is 0 Å². The molecule has 0 amide bonds. The number of alkyl halides is 3. The van der Waals surface area contributed by atoms with Crippen molar-refractivity contribution in [3.05, 3.63) is 66.4 Å². The van der Waals surface area contributed by atoms with E-state index in [2.05, 4.69) is 25.4 Å². The number of nitrogens with one attached hydrogen (secondary N) is 1. The highest BCUT2D eigenvalue weighted by molar-refractivity contribution is 5.46. The first kappa shape index (κ1) is 16.9. The van der Waals surface area contributed by atoms with Gasteiger partial charge in [0.1, 0.15) is 18.0 Å². The quantitative estimate of drug-likeness (QED) is 0.554. The molecule has 0 bridgehead atoms. The third-order valence-electron chi connectivity index (χ3n) is 3.81. The predicted molar refractivity (Wildman–Crippen MR) is 86.6 cm³/mol. The summed E-state index contributed by atoms with van der Waals surface area (Å²) in [5.74, 6) is -0.623. The molecule has 3 aromatic heterocycles. The van der Waals surface area contributed by atoms with Crippen molar-refractivity contribution in [2.45, 2.75) is 12.7 Å². The van der Waals surface area contributed by atoms with Gasteiger partial charge in [-0.15, -0.1) is 0 Å². The first-order chi connectivity index (χ1) is 12.9. The van der Waals surface area contributed by atoms with E-state index in [0.717, 1.165) is 16.9 Å². The Hall–Kier alpha value is -3.50. The van der Waals surface area contributed by atoms with Gasteiger partial charge in [-0.2, -0.15) is 27.8 Å². The second kappa shape index (κ2) is 6.34. The van der Waals surface area contributed by atoms with Crippen LogP contribution in [0, 0.1) is 5.82 Å². The molecule has 4 rings (SSSR count). The molecule has 0 unspecified atom stereocenters. The van der Waals surface area contributed by atoms with Crippen LogP contribution in [0.25, 0.3) is 11.5 Å². The van der Waals surface area contributed by atoms with Crippen LogP contribution in [0.5, 0.6) is 0 Å². The minimum absolute atomic E-state index is 0.0453. The lowest BCUT2D eigenvalue weighted by Gasteiger charge is -2.12. The van der Waals surface area contributed by atoms with Crippen LogP contribution in [0.1, 0.15) is 11.3 Å². The van der Waals surface area contributed by atoms with Crippen LogP contribution in [-0.2, 0) is 12.7 Å². The van der Waals surface area contributed by atoms with Crippen LogP contribution in [0.2, 0.25) is 0 Å². The Morgan fingerprint density at radius 1 is 1.15 bits per heavy atom. The van der Waals surface area contributed by atoms with Crippen molar-refractivity contribution in [2.24, 2.45) is 0 Å². The molecule has 0 radical (unpaired) electrons. The summed E-state index contributed by atoms with van der Waals surface area (Å²) in [6.45, 7) is 0.0808. The van der Waals surface area contributed by atoms with E-state index in [9.17, 15) is 17.6 Å². The molecule has 0 fully saturated rings. The largest absolute Gasteiger partial charge is 0.433 e. The average Bonchev–Trinajstić information content (AvgIpc) is 3.30. The van der Waals surface area contributed by atoms with E-state index in [4.69, 9.17) is 0 Å². The zero-order valence-corrected chi connectivity index (χ0v) is 13.5. The van der Waals surface area contributed by atoms with Crippen LogP contribution in [0.3, 0.4) is 0 Å². The molecule has 1 N–H and O–H groups in total. The minimum atomic E-state index is -4.62. The molecule has 0 saturated heterocycles. The Balaban J connectivity index is 1.60. The Kier molecular flexibility index (Phi) is 3.98. The summed E-state index contributed by atoms with van der Waals surface area (Å²) in [6.07, 6.45) is 1.08. The van der Waals surface area contributed by atoms with Gasteiger partial charge in [0.05, 0.1) is 12.0 Å². The van der Waals surface area contributed by atoms with Crippen molar-refractivity contribution in [1.82, 2.24) is 29.1 Å². The zero-order chi connectivity index (χ0) is 19.0. The zero-order valence-electron chi connectivity index (χ0n) is 13.5. The fourth-order valence-electron chi connectivity index (χ4n) is 2.55. The van der Waals surface area contributed by atoms with Crippen LogP contribution in [-0.4, -0.2) is 29.1 Å². The molecule has 4 aromatic rings. The van der Waals surface area contributed by atoms with E-state index < -0.39 is 17.7 Å². The summed E-state index contributed by atoms with van der Waals surface area (Å²) in [6, 6.07) is 5.35. The van der Waals surface area contributed by atoms with Crippen molar-refractivity contribution >= 4 is 11.6 Å². The van der Waals surface area contributed by atoms with E-state index in [1.165, 1.54) is 23.2 Å². The number of hydrogen-bond acceptors (Lipinski definition) is 5. The third-order valence-corrected chi connectivity index (χ3v) is 3.81. The van der Waals surface area contributed by atoms with Crippen LogP contribution < -0.4 is 5.32 Å². The van der Waals surface area contributed by atoms with Crippen molar-refractivity contribution in [2.75, 3.05) is 5.32 Å². The lowest BCUT2D eigenvalue weighted by atomic mass is 10.2. The van der Waals surface area contributed by atoms with Crippen LogP contribution in [0.4, 0.5) is 23.4 Å². The number of nitrogens with zero attached hydrogens (tertiary/aromatic N) is 6. The molecule has 11 heteroatoms. The molecule has 0 saturated carbocycles. The maximum atomic E-state index is 14.3. The van der Waals surface area contributed by atoms with Gasteiger partial charge in [-0.3, -0.25) is 0 Å². The molecule has 27 heavy (non-hydrogen) atoms. The number of anilines is 1. The van der Waals surface area contributed by atoms with Gasteiger partial charge in [0.2, 0.25) is 0 Å². The fourth-order valence-corrected chi connectivity index (χ4v) is 2.55. The molecule has 0 aliphatic rings. The molecule has 3 heterocycles. The number of benzene rings is 1. The van der Waals surface area contributed by atoms with Gasteiger partial charge in [0.15, 0.2) is 5.69 Å². The number of imidazole rings is 1. The van der Waals surface area contributed by atoms with E-state index >= 15 is 0 Å². The summed E-state index contributed by atoms with van der Waals surface area (Å²) in [4.78, 5) is 11.0. The molecular formula is C16H11F4N7. The van der Waals surface area contributed by atoms with Crippen LogP contribution in [0.15, 0.2) is 49.3 Å². The smallest absolute Gasteiger partial charge is 0.366 e. The first-order valence-corrected chi connectivity index (χ1v) is 7.70. The van der Waals surface area contributed by atoms with Crippen LogP contribution >= 0.6 is 0 Å². The molecule has 0 spiro atoms. The first-order valence-electron chi connectivity index (χ1n) is 7.70. The Morgan fingerprint density at radius 3 is 2.70 bits per heavy atom. The summed E-state index contributed by atoms with van der Waals surface area (Å²) < 4.78 is 55.9. The third kappa shape index (κ3) is 3.30. The summed E-state index contributed by atoms with van der Waals surface area (Å²) >= 11 is 0. The number of fused-ring (bicyclic) bond motifs is 1. The average molecular weight is 377 g/mol. The number of rotatable bonds is 4. The highest BCUT2D eigenvalue weighted by Gasteiger charge is 2.34. The Bertz CT molecular complexity index is 1090. The molecular weight excluding hydrogens is 366 g/mol. The molecule has 7 nitrogen and oxygen atoms in total. The monoisotopic (exact) mass is 377 g/mol. The maximum Gasteiger partial charge on any atom is 0.433 e. The Morgan fingerprint density at radius 2 is 2.00 bits per heavy atom. The normalized spacial score (nSPS) is 11.9. The summed E-state index contributed by atoms with van der Waals surface area (Å²) in [5, 5.41) is 6.67. The maximum absolute atomic E-state index is 14.3. The highest BCUT2D eigenvalue weighted by atomic mass is 19.4. The Labute approximate surface area is 149 Å². The molecule has 0 atom stereocenters. The topological polar surface area (TPSA) is 72.9 Å². The number of hydrogen-bond donors (Lipinski definition) is 1. The second-order valence-electron chi connectivity index (χ2n) is 5.61. The van der Waals surface area contributed by atoms with Gasteiger partial charge < -0.3 is 9.88 Å².